The summed E-state index contributed by atoms with van der Waals surface area (Å²) in [6, 6.07) is 0. The largest absolute Gasteiger partial charge is 0.364 e. The van der Waals surface area contributed by atoms with Crippen molar-refractivity contribution in [3.05, 3.63) is 15.8 Å². The van der Waals surface area contributed by atoms with E-state index in [2.05, 4.69) is 26.9 Å². The molecular weight excluding hydrogens is 278 g/mol. The summed E-state index contributed by atoms with van der Waals surface area (Å²) in [5.41, 5.74) is 0.323. The van der Waals surface area contributed by atoms with Crippen LogP contribution in [-0.2, 0) is 0 Å². The van der Waals surface area contributed by atoms with Gasteiger partial charge in [-0.25, -0.2) is 4.98 Å². The minimum absolute atomic E-state index is 0.0449. The summed E-state index contributed by atoms with van der Waals surface area (Å²) in [4.78, 5) is 19.0. The number of hydrogen-bond donors (Lipinski definition) is 2. The molecule has 1 heterocycles. The second kappa shape index (κ2) is 8.57. The molecule has 20 heavy (non-hydrogen) atoms. The molecule has 0 aromatic carbocycles. The molecule has 0 bridgehead atoms. The van der Waals surface area contributed by atoms with Gasteiger partial charge in [-0.3, -0.25) is 10.1 Å². The monoisotopic (exact) mass is 299 g/mol. The maximum Gasteiger partial charge on any atom is 0.332 e. The zero-order chi connectivity index (χ0) is 15.0. The third-order valence-corrected chi connectivity index (χ3v) is 3.34. The number of rotatable bonds is 9. The Balaban J connectivity index is 2.81. The molecule has 2 N–H and O–H groups in total. The molecule has 0 saturated carbocycles. The van der Waals surface area contributed by atoms with Crippen molar-refractivity contribution in [2.75, 3.05) is 35.7 Å². The van der Waals surface area contributed by atoms with Crippen molar-refractivity contribution < 1.29 is 4.92 Å². The first-order valence-corrected chi connectivity index (χ1v) is 7.99. The molecule has 0 aliphatic heterocycles. The Labute approximate surface area is 123 Å². The molecule has 1 aromatic rings. The van der Waals surface area contributed by atoms with E-state index in [4.69, 9.17) is 0 Å². The summed E-state index contributed by atoms with van der Waals surface area (Å²) in [6.45, 7) is 4.89. The fraction of sp³-hybridized carbons (Fsp3) is 0.667. The summed E-state index contributed by atoms with van der Waals surface area (Å²) >= 11 is 1.80. The minimum Gasteiger partial charge on any atom is -0.364 e. The molecule has 1 rings (SSSR count). The lowest BCUT2D eigenvalue weighted by Gasteiger charge is -2.10. The van der Waals surface area contributed by atoms with E-state index in [-0.39, 0.29) is 5.69 Å². The minimum atomic E-state index is -0.435. The summed E-state index contributed by atoms with van der Waals surface area (Å²) in [6.07, 6.45) is 4.10. The van der Waals surface area contributed by atoms with E-state index < -0.39 is 4.92 Å². The molecule has 0 unspecified atom stereocenters. The van der Waals surface area contributed by atoms with Crippen LogP contribution in [0.4, 0.5) is 17.5 Å². The summed E-state index contributed by atoms with van der Waals surface area (Å²) < 4.78 is 0. The van der Waals surface area contributed by atoms with E-state index in [1.54, 1.807) is 18.7 Å². The molecule has 0 amide bonds. The number of thioether (sulfide) groups is 1. The van der Waals surface area contributed by atoms with Crippen LogP contribution in [0, 0.1) is 17.0 Å². The van der Waals surface area contributed by atoms with E-state index in [9.17, 15) is 10.1 Å². The van der Waals surface area contributed by atoms with Gasteiger partial charge in [0, 0.05) is 13.1 Å². The lowest BCUT2D eigenvalue weighted by molar-refractivity contribution is -0.385. The van der Waals surface area contributed by atoms with Crippen molar-refractivity contribution in [2.24, 2.45) is 0 Å². The topological polar surface area (TPSA) is 93.0 Å². The van der Waals surface area contributed by atoms with E-state index in [1.165, 1.54) is 0 Å². The number of nitrogens with zero attached hydrogens (tertiary/aromatic N) is 3. The second-order valence-electron chi connectivity index (χ2n) is 4.24. The highest BCUT2D eigenvalue weighted by molar-refractivity contribution is 7.98. The zero-order valence-electron chi connectivity index (χ0n) is 12.1. The second-order valence-corrected chi connectivity index (χ2v) is 5.23. The first-order valence-electron chi connectivity index (χ1n) is 6.59. The van der Waals surface area contributed by atoms with Gasteiger partial charge in [0.2, 0.25) is 11.8 Å². The normalized spacial score (nSPS) is 10.3. The Morgan fingerprint density at radius 1 is 1.30 bits per heavy atom. The number of unbranched alkanes of at least 4 members (excludes halogenated alkanes) is 1. The van der Waals surface area contributed by atoms with Gasteiger partial charge in [0.15, 0.2) is 0 Å². The summed E-state index contributed by atoms with van der Waals surface area (Å²) in [5.74, 6) is 1.81. The molecule has 0 spiro atoms. The number of hydrogen-bond acceptors (Lipinski definition) is 7. The maximum atomic E-state index is 11.1. The summed E-state index contributed by atoms with van der Waals surface area (Å²) in [7, 11) is 0. The highest BCUT2D eigenvalue weighted by Gasteiger charge is 2.21. The maximum absolute atomic E-state index is 11.1. The van der Waals surface area contributed by atoms with Crippen LogP contribution in [0.3, 0.4) is 0 Å². The van der Waals surface area contributed by atoms with Crippen LogP contribution in [-0.4, -0.2) is 40.0 Å². The zero-order valence-corrected chi connectivity index (χ0v) is 12.9. The third-order valence-electron chi connectivity index (χ3n) is 2.64. The van der Waals surface area contributed by atoms with Crippen LogP contribution in [0.5, 0.6) is 0 Å². The van der Waals surface area contributed by atoms with Gasteiger partial charge in [0.25, 0.3) is 0 Å². The number of anilines is 2. The van der Waals surface area contributed by atoms with Gasteiger partial charge >= 0.3 is 5.69 Å². The third kappa shape index (κ3) is 4.84. The van der Waals surface area contributed by atoms with Gasteiger partial charge in [-0.2, -0.15) is 16.7 Å². The Morgan fingerprint density at radius 3 is 2.65 bits per heavy atom. The highest BCUT2D eigenvalue weighted by Crippen LogP contribution is 2.26. The van der Waals surface area contributed by atoms with Gasteiger partial charge in [0.05, 0.1) is 4.92 Å². The molecule has 0 fully saturated rings. The molecule has 0 aliphatic carbocycles. The first kappa shape index (κ1) is 16.5. The van der Waals surface area contributed by atoms with E-state index in [0.29, 0.717) is 30.5 Å². The van der Waals surface area contributed by atoms with Crippen LogP contribution < -0.4 is 10.6 Å². The van der Waals surface area contributed by atoms with E-state index >= 15 is 0 Å². The Kier molecular flexibility index (Phi) is 7.06. The Bertz CT molecular complexity index is 456. The van der Waals surface area contributed by atoms with E-state index in [1.807, 2.05) is 6.92 Å². The molecular formula is C12H21N5O2S. The first-order chi connectivity index (χ1) is 9.60. The standard InChI is InChI=1S/C12H21N5O2S/c1-4-13-12-15-9(2)10(17(18)19)11(16-12)14-7-5-6-8-20-3/h4-8H2,1-3H3,(H2,13,14,15,16). The quantitative estimate of drug-likeness (QED) is 0.411. The van der Waals surface area contributed by atoms with Gasteiger partial charge in [-0.05, 0) is 38.7 Å². The highest BCUT2D eigenvalue weighted by atomic mass is 32.2. The van der Waals surface area contributed by atoms with Crippen molar-refractivity contribution >= 4 is 29.2 Å². The number of nitrogens with one attached hydrogen (secondary N) is 2. The molecule has 0 atom stereocenters. The smallest absolute Gasteiger partial charge is 0.332 e. The van der Waals surface area contributed by atoms with Gasteiger partial charge < -0.3 is 10.6 Å². The lowest BCUT2D eigenvalue weighted by atomic mass is 10.3. The number of nitro groups is 1. The van der Waals surface area contributed by atoms with Crippen molar-refractivity contribution in [3.8, 4) is 0 Å². The van der Waals surface area contributed by atoms with Crippen molar-refractivity contribution in [2.45, 2.75) is 26.7 Å². The fourth-order valence-electron chi connectivity index (χ4n) is 1.72. The predicted molar refractivity (Wildman–Crippen MR) is 83.7 cm³/mol. The SMILES string of the molecule is CCNc1nc(C)c([N+](=O)[O-])c(NCCCCSC)n1. The Hall–Kier alpha value is -1.57. The Morgan fingerprint density at radius 2 is 2.05 bits per heavy atom. The van der Waals surface area contributed by atoms with Crippen LogP contribution >= 0.6 is 11.8 Å². The molecule has 0 aliphatic rings. The molecule has 0 radical (unpaired) electrons. The fourth-order valence-corrected chi connectivity index (χ4v) is 2.22. The van der Waals surface area contributed by atoms with Gasteiger partial charge in [-0.1, -0.05) is 0 Å². The van der Waals surface area contributed by atoms with Crippen molar-refractivity contribution in [1.29, 1.82) is 0 Å². The van der Waals surface area contributed by atoms with Crippen LogP contribution in [0.1, 0.15) is 25.5 Å². The molecule has 1 aromatic heterocycles. The van der Waals surface area contributed by atoms with Gasteiger partial charge in [-0.15, -0.1) is 0 Å². The van der Waals surface area contributed by atoms with E-state index in [0.717, 1.165) is 18.6 Å². The summed E-state index contributed by atoms with van der Waals surface area (Å²) in [5, 5.41) is 17.1. The lowest BCUT2D eigenvalue weighted by Crippen LogP contribution is -2.12. The van der Waals surface area contributed by atoms with Crippen LogP contribution in [0.15, 0.2) is 0 Å². The van der Waals surface area contributed by atoms with Crippen molar-refractivity contribution in [1.82, 2.24) is 9.97 Å². The average Bonchev–Trinajstić information content (AvgIpc) is 2.38. The molecule has 7 nitrogen and oxygen atoms in total. The van der Waals surface area contributed by atoms with Crippen LogP contribution in [0.2, 0.25) is 0 Å². The molecule has 8 heteroatoms. The molecule has 0 saturated heterocycles. The van der Waals surface area contributed by atoms with Crippen molar-refractivity contribution in [3.63, 3.8) is 0 Å². The predicted octanol–water partition coefficient (Wildman–Crippen LogP) is 2.68. The number of aromatic nitrogens is 2. The average molecular weight is 299 g/mol. The molecule has 112 valence electrons. The number of aryl methyl sites for hydroxylation is 1. The van der Waals surface area contributed by atoms with Crippen LogP contribution in [0.25, 0.3) is 0 Å². The van der Waals surface area contributed by atoms with Gasteiger partial charge in [0.1, 0.15) is 5.69 Å².